The number of benzene rings is 3. The number of piperidine rings is 1. The molecule has 3 N–H and O–H groups in total. The number of likely N-dealkylation sites (tertiary alicyclic amines) is 1. The molecule has 3 aromatic carbocycles. The zero-order valence-electron chi connectivity index (χ0n) is 22.9. The molecule has 3 heterocycles. The van der Waals surface area contributed by atoms with Crippen molar-refractivity contribution in [3.05, 3.63) is 77.6 Å². The normalized spacial score (nSPS) is 21.9. The van der Waals surface area contributed by atoms with Crippen LogP contribution in [0.5, 0.6) is 5.75 Å². The number of furan rings is 1. The van der Waals surface area contributed by atoms with Gasteiger partial charge in [0, 0.05) is 58.2 Å². The predicted octanol–water partition coefficient (Wildman–Crippen LogP) is 6.85. The van der Waals surface area contributed by atoms with Gasteiger partial charge < -0.3 is 24.7 Å². The summed E-state index contributed by atoms with van der Waals surface area (Å²) in [5, 5.41) is 12.0. The van der Waals surface area contributed by atoms with Crippen LogP contribution in [0.2, 0.25) is 0 Å². The Balaban J connectivity index is 1.21. The third-order valence-corrected chi connectivity index (χ3v) is 9.66. The van der Waals surface area contributed by atoms with Crippen LogP contribution in [-0.4, -0.2) is 39.1 Å². The molecule has 3 aliphatic rings. The van der Waals surface area contributed by atoms with Crippen molar-refractivity contribution in [1.29, 1.82) is 0 Å². The first-order valence-corrected chi connectivity index (χ1v) is 14.6. The fourth-order valence-electron chi connectivity index (χ4n) is 7.16. The van der Waals surface area contributed by atoms with Crippen molar-refractivity contribution >= 4 is 27.8 Å². The zero-order valence-corrected chi connectivity index (χ0v) is 22.9. The first-order chi connectivity index (χ1) is 19.9. The minimum Gasteiger partial charge on any atom is -0.505 e. The summed E-state index contributed by atoms with van der Waals surface area (Å²) in [4.78, 5) is 15.4. The molecule has 1 amide bonds. The smallest absolute Gasteiger partial charge is 0.254 e. The maximum Gasteiger partial charge on any atom is 0.254 e. The second-order valence-electron chi connectivity index (χ2n) is 12.2. The molecule has 0 spiro atoms. The fraction of sp³-hybridized carbons (Fsp3) is 0.324. The number of nitrogens with two attached hydrogens (primary N) is 1. The molecule has 2 saturated carbocycles. The van der Waals surface area contributed by atoms with Gasteiger partial charge in [-0.05, 0) is 80.3 Å². The summed E-state index contributed by atoms with van der Waals surface area (Å²) < 4.78 is 23.6. The van der Waals surface area contributed by atoms with E-state index in [1.54, 1.807) is 12.1 Å². The molecule has 208 valence electrons. The minimum atomic E-state index is -0.616. The van der Waals surface area contributed by atoms with E-state index in [0.717, 1.165) is 59.2 Å². The van der Waals surface area contributed by atoms with Crippen LogP contribution < -0.4 is 5.73 Å². The number of halogens is 1. The van der Waals surface area contributed by atoms with Crippen LogP contribution in [-0.2, 0) is 6.54 Å². The van der Waals surface area contributed by atoms with Crippen LogP contribution in [0, 0.1) is 24.6 Å². The van der Waals surface area contributed by atoms with Crippen molar-refractivity contribution in [2.24, 2.45) is 17.6 Å². The molecule has 8 rings (SSSR count). The van der Waals surface area contributed by atoms with E-state index in [0.29, 0.717) is 34.1 Å². The van der Waals surface area contributed by atoms with Crippen molar-refractivity contribution in [3.8, 4) is 28.3 Å². The van der Waals surface area contributed by atoms with Crippen LogP contribution in [0.4, 0.5) is 4.39 Å². The highest BCUT2D eigenvalue weighted by atomic mass is 19.1. The van der Waals surface area contributed by atoms with Gasteiger partial charge in [-0.2, -0.15) is 0 Å². The summed E-state index contributed by atoms with van der Waals surface area (Å²) in [6.45, 7) is 3.65. The number of rotatable bonds is 5. The first kappa shape index (κ1) is 24.7. The van der Waals surface area contributed by atoms with Crippen molar-refractivity contribution in [2.45, 2.75) is 51.2 Å². The van der Waals surface area contributed by atoms with Gasteiger partial charge in [0.15, 0.2) is 17.3 Å². The van der Waals surface area contributed by atoms with Crippen molar-refractivity contribution < 1.29 is 18.7 Å². The highest BCUT2D eigenvalue weighted by Crippen LogP contribution is 2.42. The largest absolute Gasteiger partial charge is 0.505 e. The topological polar surface area (TPSA) is 84.6 Å². The number of aryl methyl sites for hydroxylation is 1. The number of aromatic nitrogens is 1. The molecule has 7 heteroatoms. The molecule has 3 fully saturated rings. The summed E-state index contributed by atoms with van der Waals surface area (Å²) >= 11 is 0. The number of fused-ring (bicyclic) bond motifs is 4. The van der Waals surface area contributed by atoms with E-state index in [2.05, 4.69) is 17.6 Å². The van der Waals surface area contributed by atoms with E-state index in [4.69, 9.17) is 10.2 Å². The minimum absolute atomic E-state index is 0.0275. The van der Waals surface area contributed by atoms with Gasteiger partial charge in [-0.15, -0.1) is 0 Å². The van der Waals surface area contributed by atoms with Gasteiger partial charge in [0.25, 0.3) is 5.91 Å². The number of phenolic OH excluding ortho intramolecular Hbond substituents is 1. The number of phenols is 1. The Morgan fingerprint density at radius 3 is 2.68 bits per heavy atom. The Morgan fingerprint density at radius 2 is 1.93 bits per heavy atom. The SMILES string of the molecule is Cc1c(-c2cc3ccc(-c4cccc(O)c4F)cc3n2CC2CC2)oc2cc(C(=O)N3CC4CCC3[C@@H]4N)ccc12. The number of carbonyl (C=O) groups excluding carboxylic acids is 1. The van der Waals surface area contributed by atoms with Crippen LogP contribution >= 0.6 is 0 Å². The number of carbonyl (C=O) groups is 1. The monoisotopic (exact) mass is 549 g/mol. The standard InChI is InChI=1S/C34H32FN3O3/c1-18-24-11-9-22(34(40)38-17-23-10-12-26(38)32(23)36)15-30(24)41-33(18)28-14-21-8-7-20(25-3-2-4-29(39)31(25)35)13-27(21)37(28)16-19-5-6-19/h2-4,7-9,11,13-15,19,23,26,32,39H,5-6,10,12,16-17,36H2,1H3/t23?,26?,32-/m1/s1. The summed E-state index contributed by atoms with van der Waals surface area (Å²) in [6, 6.07) is 18.7. The summed E-state index contributed by atoms with van der Waals surface area (Å²) in [7, 11) is 0. The maximum atomic E-state index is 14.8. The van der Waals surface area contributed by atoms with Gasteiger partial charge in [0.05, 0.1) is 5.69 Å². The Labute approximate surface area is 237 Å². The van der Waals surface area contributed by atoms with Crippen molar-refractivity contribution in [1.82, 2.24) is 9.47 Å². The van der Waals surface area contributed by atoms with Gasteiger partial charge in [-0.1, -0.05) is 30.3 Å². The molecule has 5 aromatic rings. The van der Waals surface area contributed by atoms with Crippen LogP contribution in [0.25, 0.3) is 44.5 Å². The quantitative estimate of drug-likeness (QED) is 0.251. The molecule has 41 heavy (non-hydrogen) atoms. The molecule has 1 saturated heterocycles. The number of hydrogen-bond donors (Lipinski definition) is 2. The van der Waals surface area contributed by atoms with E-state index in [9.17, 15) is 14.3 Å². The van der Waals surface area contributed by atoms with Gasteiger partial charge in [0.1, 0.15) is 5.58 Å². The lowest BCUT2D eigenvalue weighted by Crippen LogP contribution is -2.41. The molecular formula is C34H32FN3O3. The molecule has 2 aliphatic carbocycles. The predicted molar refractivity (Wildman–Crippen MR) is 157 cm³/mol. The number of amides is 1. The average Bonchev–Trinajstić information content (AvgIpc) is 3.39. The van der Waals surface area contributed by atoms with Crippen LogP contribution in [0.15, 0.2) is 65.1 Å². The molecule has 1 aliphatic heterocycles. The highest BCUT2D eigenvalue weighted by molar-refractivity contribution is 6.00. The van der Waals surface area contributed by atoms with E-state index in [1.165, 1.54) is 18.9 Å². The van der Waals surface area contributed by atoms with Crippen molar-refractivity contribution in [2.75, 3.05) is 6.54 Å². The van der Waals surface area contributed by atoms with Crippen molar-refractivity contribution in [3.63, 3.8) is 0 Å². The van der Waals surface area contributed by atoms with Crippen LogP contribution in [0.1, 0.15) is 41.6 Å². The van der Waals surface area contributed by atoms with E-state index in [1.807, 2.05) is 41.3 Å². The lowest BCUT2D eigenvalue weighted by Gasteiger charge is -2.27. The second-order valence-corrected chi connectivity index (χ2v) is 12.2. The van der Waals surface area contributed by atoms with E-state index >= 15 is 0 Å². The Morgan fingerprint density at radius 1 is 1.07 bits per heavy atom. The van der Waals surface area contributed by atoms with Gasteiger partial charge in [-0.3, -0.25) is 4.79 Å². The summed E-state index contributed by atoms with van der Waals surface area (Å²) in [6.07, 6.45) is 4.46. The van der Waals surface area contributed by atoms with Gasteiger partial charge in [-0.25, -0.2) is 4.39 Å². The van der Waals surface area contributed by atoms with Crippen LogP contribution in [0.3, 0.4) is 0 Å². The first-order valence-electron chi connectivity index (χ1n) is 14.6. The molecule has 6 nitrogen and oxygen atoms in total. The van der Waals surface area contributed by atoms with Gasteiger partial charge >= 0.3 is 0 Å². The maximum absolute atomic E-state index is 14.8. The van der Waals surface area contributed by atoms with E-state index < -0.39 is 5.82 Å². The number of nitrogens with zero attached hydrogens (tertiary/aromatic N) is 2. The Bertz CT molecular complexity index is 1870. The third kappa shape index (κ3) is 3.82. The molecule has 0 radical (unpaired) electrons. The van der Waals surface area contributed by atoms with Gasteiger partial charge in [0.2, 0.25) is 0 Å². The number of hydrogen-bond acceptors (Lipinski definition) is 4. The summed E-state index contributed by atoms with van der Waals surface area (Å²) in [5.74, 6) is 0.847. The molecule has 2 aromatic heterocycles. The second kappa shape index (κ2) is 8.95. The Kier molecular flexibility index (Phi) is 5.39. The average molecular weight is 550 g/mol. The highest BCUT2D eigenvalue weighted by Gasteiger charge is 2.46. The molecular weight excluding hydrogens is 517 g/mol. The molecule has 2 bridgehead atoms. The Hall–Kier alpha value is -4.10. The fourth-order valence-corrected chi connectivity index (χ4v) is 7.16. The summed E-state index contributed by atoms with van der Waals surface area (Å²) in [5.41, 5.74) is 11.8. The third-order valence-electron chi connectivity index (χ3n) is 9.66. The molecule has 2 unspecified atom stereocenters. The lowest BCUT2D eigenvalue weighted by molar-refractivity contribution is 0.0700. The lowest BCUT2D eigenvalue weighted by atomic mass is 10.0. The van der Waals surface area contributed by atoms with E-state index in [-0.39, 0.29) is 23.7 Å². The zero-order chi connectivity index (χ0) is 28.0. The number of aromatic hydroxyl groups is 1. The molecule has 3 atom stereocenters.